The quantitative estimate of drug-likeness (QED) is 0.902. The summed E-state index contributed by atoms with van der Waals surface area (Å²) >= 11 is 0. The molecule has 3 rings (SSSR count). The number of benzene rings is 1. The van der Waals surface area contributed by atoms with Crippen LogP contribution in [0.25, 0.3) is 0 Å². The molecule has 4 nitrogen and oxygen atoms in total. The van der Waals surface area contributed by atoms with E-state index < -0.39 is 26.6 Å². The Bertz CT molecular complexity index is 626. The third kappa shape index (κ3) is 3.09. The molecule has 0 bridgehead atoms. The predicted octanol–water partition coefficient (Wildman–Crippen LogP) is 1.87. The van der Waals surface area contributed by atoms with Gasteiger partial charge in [0.25, 0.3) is 0 Å². The average molecular weight is 316 g/mol. The molecule has 21 heavy (non-hydrogen) atoms. The highest BCUT2D eigenvalue weighted by atomic mass is 32.2. The van der Waals surface area contributed by atoms with Crippen LogP contribution in [0.5, 0.6) is 0 Å². The molecule has 1 aromatic rings. The van der Waals surface area contributed by atoms with Gasteiger partial charge in [0.15, 0.2) is 0 Å². The van der Waals surface area contributed by atoms with Crippen molar-refractivity contribution in [2.45, 2.75) is 42.7 Å². The van der Waals surface area contributed by atoms with Crippen LogP contribution in [0.3, 0.4) is 0 Å². The molecule has 1 atom stereocenters. The standard InChI is InChI=1S/C14H18F2N2O2S/c15-10-3-6-14(13(16)8-10)21(19,20)18(12-4-5-12)9-11-2-1-7-17-11/h3,6,8,11-12,17H,1-2,4-5,7,9H2. The normalized spacial score (nSPS) is 22.9. The number of hydrogen-bond acceptors (Lipinski definition) is 3. The maximum Gasteiger partial charge on any atom is 0.246 e. The first kappa shape index (κ1) is 14.9. The number of hydrogen-bond donors (Lipinski definition) is 1. The van der Waals surface area contributed by atoms with Crippen LogP contribution in [0, 0.1) is 11.6 Å². The molecule has 1 unspecified atom stereocenters. The van der Waals surface area contributed by atoms with Crippen molar-refractivity contribution in [3.8, 4) is 0 Å². The fraction of sp³-hybridized carbons (Fsp3) is 0.571. The van der Waals surface area contributed by atoms with Crippen molar-refractivity contribution < 1.29 is 17.2 Å². The Labute approximate surface area is 123 Å². The summed E-state index contributed by atoms with van der Waals surface area (Å²) in [6.45, 7) is 1.23. The van der Waals surface area contributed by atoms with Crippen molar-refractivity contribution in [2.75, 3.05) is 13.1 Å². The number of nitrogens with one attached hydrogen (secondary N) is 1. The molecule has 0 amide bonds. The number of sulfonamides is 1. The molecule has 1 saturated heterocycles. The van der Waals surface area contributed by atoms with Gasteiger partial charge in [-0.15, -0.1) is 0 Å². The second-order valence-electron chi connectivity index (χ2n) is 5.67. The second-order valence-corrected chi connectivity index (χ2v) is 7.53. The van der Waals surface area contributed by atoms with E-state index in [0.717, 1.165) is 44.4 Å². The highest BCUT2D eigenvalue weighted by Crippen LogP contribution is 2.33. The molecule has 7 heteroatoms. The van der Waals surface area contributed by atoms with Crippen molar-refractivity contribution in [1.82, 2.24) is 9.62 Å². The molecule has 2 aliphatic rings. The summed E-state index contributed by atoms with van der Waals surface area (Å²) < 4.78 is 53.5. The van der Waals surface area contributed by atoms with Gasteiger partial charge >= 0.3 is 0 Å². The Morgan fingerprint density at radius 3 is 2.57 bits per heavy atom. The van der Waals surface area contributed by atoms with E-state index in [1.165, 1.54) is 4.31 Å². The van der Waals surface area contributed by atoms with Gasteiger partial charge in [0.05, 0.1) is 0 Å². The first-order valence-corrected chi connectivity index (χ1v) is 8.63. The van der Waals surface area contributed by atoms with Crippen LogP contribution in [0.15, 0.2) is 23.1 Å². The molecule has 1 N–H and O–H groups in total. The summed E-state index contributed by atoms with van der Waals surface area (Å²) in [4.78, 5) is -0.436. The first-order valence-electron chi connectivity index (χ1n) is 7.19. The molecular weight excluding hydrogens is 298 g/mol. The average Bonchev–Trinajstić information content (AvgIpc) is 3.11. The monoisotopic (exact) mass is 316 g/mol. The molecule has 1 aromatic carbocycles. The fourth-order valence-electron chi connectivity index (χ4n) is 2.75. The van der Waals surface area contributed by atoms with E-state index in [0.29, 0.717) is 12.6 Å². The molecule has 1 aliphatic heterocycles. The van der Waals surface area contributed by atoms with Gasteiger partial charge in [-0.3, -0.25) is 0 Å². The SMILES string of the molecule is O=S(=O)(c1ccc(F)cc1F)N(CC1CCCN1)C1CC1. The smallest absolute Gasteiger partial charge is 0.246 e. The van der Waals surface area contributed by atoms with Crippen LogP contribution >= 0.6 is 0 Å². The van der Waals surface area contributed by atoms with E-state index in [1.807, 2.05) is 0 Å². The molecule has 1 heterocycles. The first-order chi connectivity index (χ1) is 9.98. The minimum absolute atomic E-state index is 0.0538. The third-order valence-corrected chi connectivity index (χ3v) is 5.95. The van der Waals surface area contributed by atoms with E-state index in [9.17, 15) is 17.2 Å². The largest absolute Gasteiger partial charge is 0.313 e. The van der Waals surface area contributed by atoms with Gasteiger partial charge in [-0.2, -0.15) is 4.31 Å². The van der Waals surface area contributed by atoms with Gasteiger partial charge in [-0.25, -0.2) is 17.2 Å². The van der Waals surface area contributed by atoms with Crippen molar-refractivity contribution in [2.24, 2.45) is 0 Å². The molecule has 0 radical (unpaired) electrons. The summed E-state index contributed by atoms with van der Waals surface area (Å²) in [5.74, 6) is -1.80. The molecule has 0 spiro atoms. The molecule has 1 saturated carbocycles. The van der Waals surface area contributed by atoms with Crippen molar-refractivity contribution in [3.63, 3.8) is 0 Å². The van der Waals surface area contributed by atoms with Crippen molar-refractivity contribution in [1.29, 1.82) is 0 Å². The lowest BCUT2D eigenvalue weighted by atomic mass is 10.2. The van der Waals surface area contributed by atoms with Crippen LogP contribution < -0.4 is 5.32 Å². The Balaban J connectivity index is 1.89. The van der Waals surface area contributed by atoms with Crippen molar-refractivity contribution in [3.05, 3.63) is 29.8 Å². The van der Waals surface area contributed by atoms with E-state index in [4.69, 9.17) is 0 Å². The van der Waals surface area contributed by atoms with Gasteiger partial charge in [0.1, 0.15) is 16.5 Å². The van der Waals surface area contributed by atoms with Gasteiger partial charge in [0.2, 0.25) is 10.0 Å². The van der Waals surface area contributed by atoms with E-state index in [1.54, 1.807) is 0 Å². The van der Waals surface area contributed by atoms with E-state index >= 15 is 0 Å². The lowest BCUT2D eigenvalue weighted by Crippen LogP contribution is -2.42. The predicted molar refractivity (Wildman–Crippen MR) is 74.3 cm³/mol. The Kier molecular flexibility index (Phi) is 3.98. The summed E-state index contributed by atoms with van der Waals surface area (Å²) in [6.07, 6.45) is 3.54. The van der Waals surface area contributed by atoms with Gasteiger partial charge in [0, 0.05) is 24.7 Å². The van der Waals surface area contributed by atoms with Crippen LogP contribution in [0.1, 0.15) is 25.7 Å². The van der Waals surface area contributed by atoms with Crippen LogP contribution in [-0.2, 0) is 10.0 Å². The van der Waals surface area contributed by atoms with E-state index in [-0.39, 0.29) is 12.1 Å². The maximum atomic E-state index is 13.8. The summed E-state index contributed by atoms with van der Waals surface area (Å²) in [5, 5.41) is 3.26. The zero-order valence-electron chi connectivity index (χ0n) is 11.6. The molecule has 116 valence electrons. The molecular formula is C14H18F2N2O2S. The maximum absolute atomic E-state index is 13.8. The third-order valence-electron chi connectivity index (χ3n) is 4.00. The summed E-state index contributed by atoms with van der Waals surface area (Å²) in [5.41, 5.74) is 0. The fourth-order valence-corrected chi connectivity index (χ4v) is 4.52. The zero-order chi connectivity index (χ0) is 15.0. The van der Waals surface area contributed by atoms with Gasteiger partial charge < -0.3 is 5.32 Å². The molecule has 2 fully saturated rings. The lowest BCUT2D eigenvalue weighted by Gasteiger charge is -2.25. The van der Waals surface area contributed by atoms with Crippen LogP contribution in [-0.4, -0.2) is 37.9 Å². The topological polar surface area (TPSA) is 49.4 Å². The van der Waals surface area contributed by atoms with Gasteiger partial charge in [-0.1, -0.05) is 0 Å². The zero-order valence-corrected chi connectivity index (χ0v) is 12.4. The second kappa shape index (κ2) is 5.62. The minimum atomic E-state index is -3.92. The summed E-state index contributed by atoms with van der Waals surface area (Å²) in [7, 11) is -3.92. The Morgan fingerprint density at radius 2 is 2.00 bits per heavy atom. The minimum Gasteiger partial charge on any atom is -0.313 e. The Hall–Kier alpha value is -1.05. The van der Waals surface area contributed by atoms with E-state index in [2.05, 4.69) is 5.32 Å². The summed E-state index contributed by atoms with van der Waals surface area (Å²) in [6, 6.07) is 2.67. The number of halogens is 2. The number of rotatable bonds is 5. The van der Waals surface area contributed by atoms with Crippen molar-refractivity contribution >= 4 is 10.0 Å². The lowest BCUT2D eigenvalue weighted by molar-refractivity contribution is 0.360. The van der Waals surface area contributed by atoms with Gasteiger partial charge in [-0.05, 0) is 44.4 Å². The highest BCUT2D eigenvalue weighted by Gasteiger charge is 2.40. The van der Waals surface area contributed by atoms with Crippen LogP contribution in [0.2, 0.25) is 0 Å². The number of nitrogens with zero attached hydrogens (tertiary/aromatic N) is 1. The molecule has 0 aromatic heterocycles. The van der Waals surface area contributed by atoms with Crippen LogP contribution in [0.4, 0.5) is 8.78 Å². The highest BCUT2D eigenvalue weighted by molar-refractivity contribution is 7.89. The Morgan fingerprint density at radius 1 is 1.24 bits per heavy atom. The molecule has 1 aliphatic carbocycles.